The summed E-state index contributed by atoms with van der Waals surface area (Å²) in [6.07, 6.45) is 3.27. The van der Waals surface area contributed by atoms with Gasteiger partial charge in [-0.05, 0) is 19.8 Å². The number of carbonyl (C=O) groups excluding carboxylic acids is 1. The van der Waals surface area contributed by atoms with E-state index in [1.54, 1.807) is 6.92 Å². The van der Waals surface area contributed by atoms with Crippen molar-refractivity contribution in [3.8, 4) is 0 Å². The van der Waals surface area contributed by atoms with E-state index in [-0.39, 0.29) is 18.3 Å². The number of aliphatic carboxylic acids is 1. The average molecular weight is 281 g/mol. The maximum atomic E-state index is 11.6. The molecule has 2 atom stereocenters. The van der Waals surface area contributed by atoms with Gasteiger partial charge in [-0.15, -0.1) is 12.4 Å². The fourth-order valence-electron chi connectivity index (χ4n) is 1.49. The molecule has 0 heterocycles. The van der Waals surface area contributed by atoms with E-state index >= 15 is 0 Å². The highest BCUT2D eigenvalue weighted by atomic mass is 35.5. The zero-order valence-corrected chi connectivity index (χ0v) is 12.2. The molecule has 18 heavy (non-hydrogen) atoms. The van der Waals surface area contributed by atoms with Crippen LogP contribution in [0.25, 0.3) is 0 Å². The first-order chi connectivity index (χ1) is 8.02. The number of hydrogen-bond acceptors (Lipinski definition) is 3. The number of halogens is 1. The van der Waals surface area contributed by atoms with Gasteiger partial charge in [0.2, 0.25) is 5.91 Å². The molecule has 6 heteroatoms. The molecule has 0 aromatic heterocycles. The molecular weight excluding hydrogens is 256 g/mol. The predicted octanol–water partition coefficient (Wildman–Crippen LogP) is 1.56. The number of carbonyl (C=O) groups is 2. The molecule has 0 spiro atoms. The van der Waals surface area contributed by atoms with Gasteiger partial charge in [0, 0.05) is 6.54 Å². The summed E-state index contributed by atoms with van der Waals surface area (Å²) in [6.45, 7) is 6.30. The Morgan fingerprint density at radius 1 is 1.22 bits per heavy atom. The molecule has 0 saturated carbocycles. The third kappa shape index (κ3) is 8.31. The first-order valence-electron chi connectivity index (χ1n) is 6.29. The summed E-state index contributed by atoms with van der Waals surface area (Å²) in [5.74, 6) is -1.04. The van der Waals surface area contributed by atoms with Gasteiger partial charge in [-0.3, -0.25) is 14.9 Å². The van der Waals surface area contributed by atoms with Crippen molar-refractivity contribution in [2.75, 3.05) is 6.54 Å². The molecule has 0 aliphatic heterocycles. The molecule has 0 radical (unpaired) electrons. The number of amides is 1. The predicted molar refractivity (Wildman–Crippen MR) is 74.1 cm³/mol. The second-order valence-electron chi connectivity index (χ2n) is 4.21. The minimum absolute atomic E-state index is 0. The van der Waals surface area contributed by atoms with E-state index < -0.39 is 18.1 Å². The van der Waals surface area contributed by atoms with Gasteiger partial charge < -0.3 is 10.4 Å². The molecule has 2 unspecified atom stereocenters. The smallest absolute Gasteiger partial charge is 0.320 e. The van der Waals surface area contributed by atoms with Crippen LogP contribution in [-0.2, 0) is 9.59 Å². The van der Waals surface area contributed by atoms with Crippen molar-refractivity contribution in [2.24, 2.45) is 0 Å². The quantitative estimate of drug-likeness (QED) is 0.560. The number of nitrogens with one attached hydrogen (secondary N) is 2. The van der Waals surface area contributed by atoms with E-state index in [2.05, 4.69) is 17.6 Å². The first kappa shape index (κ1) is 19.5. The van der Waals surface area contributed by atoms with Crippen molar-refractivity contribution in [1.29, 1.82) is 0 Å². The Morgan fingerprint density at radius 2 is 1.83 bits per heavy atom. The lowest BCUT2D eigenvalue weighted by Gasteiger charge is -2.19. The van der Waals surface area contributed by atoms with Gasteiger partial charge in [0.15, 0.2) is 0 Å². The molecule has 3 N–H and O–H groups in total. The topological polar surface area (TPSA) is 78.4 Å². The minimum Gasteiger partial charge on any atom is -0.480 e. The fraction of sp³-hybridized carbons (Fsp3) is 0.833. The number of unbranched alkanes of at least 4 members (excludes halogenated alkanes) is 1. The molecular formula is C12H25ClN2O3. The van der Waals surface area contributed by atoms with E-state index in [1.165, 1.54) is 0 Å². The SMILES string of the molecule is CCCCNC(=O)C(C)NC(CCC)C(=O)O.Cl. The van der Waals surface area contributed by atoms with Crippen LogP contribution in [0.4, 0.5) is 0 Å². The van der Waals surface area contributed by atoms with Crippen LogP contribution in [-0.4, -0.2) is 35.6 Å². The number of rotatable bonds is 9. The summed E-state index contributed by atoms with van der Waals surface area (Å²) in [5.41, 5.74) is 0. The lowest BCUT2D eigenvalue weighted by atomic mass is 10.1. The highest BCUT2D eigenvalue weighted by Gasteiger charge is 2.21. The fourth-order valence-corrected chi connectivity index (χ4v) is 1.49. The monoisotopic (exact) mass is 280 g/mol. The molecule has 0 fully saturated rings. The average Bonchev–Trinajstić information content (AvgIpc) is 2.28. The maximum Gasteiger partial charge on any atom is 0.320 e. The van der Waals surface area contributed by atoms with E-state index in [4.69, 9.17) is 5.11 Å². The zero-order valence-electron chi connectivity index (χ0n) is 11.4. The Labute approximate surface area is 115 Å². The van der Waals surface area contributed by atoms with Crippen molar-refractivity contribution >= 4 is 24.3 Å². The molecule has 0 aliphatic carbocycles. The van der Waals surface area contributed by atoms with Gasteiger partial charge in [0.05, 0.1) is 6.04 Å². The minimum atomic E-state index is -0.903. The van der Waals surface area contributed by atoms with Crippen molar-refractivity contribution in [1.82, 2.24) is 10.6 Å². The van der Waals surface area contributed by atoms with Gasteiger partial charge in [0.1, 0.15) is 6.04 Å². The Bertz CT molecular complexity index is 249. The highest BCUT2D eigenvalue weighted by Crippen LogP contribution is 1.99. The summed E-state index contributed by atoms with van der Waals surface area (Å²) >= 11 is 0. The summed E-state index contributed by atoms with van der Waals surface area (Å²) in [5, 5.41) is 14.6. The first-order valence-corrected chi connectivity index (χ1v) is 6.29. The van der Waals surface area contributed by atoms with Crippen molar-refractivity contribution in [2.45, 2.75) is 58.5 Å². The van der Waals surface area contributed by atoms with Crippen LogP contribution >= 0.6 is 12.4 Å². The van der Waals surface area contributed by atoms with Crippen molar-refractivity contribution in [3.05, 3.63) is 0 Å². The second-order valence-corrected chi connectivity index (χ2v) is 4.21. The van der Waals surface area contributed by atoms with E-state index in [0.717, 1.165) is 19.3 Å². The van der Waals surface area contributed by atoms with Crippen LogP contribution in [0.5, 0.6) is 0 Å². The molecule has 0 aliphatic rings. The van der Waals surface area contributed by atoms with Gasteiger partial charge in [-0.25, -0.2) is 0 Å². The van der Waals surface area contributed by atoms with Crippen LogP contribution in [0.15, 0.2) is 0 Å². The third-order valence-corrected chi connectivity index (χ3v) is 2.55. The Morgan fingerprint density at radius 3 is 2.28 bits per heavy atom. The summed E-state index contributed by atoms with van der Waals surface area (Å²) in [6, 6.07) is -1.12. The lowest BCUT2D eigenvalue weighted by Crippen LogP contribution is -2.49. The summed E-state index contributed by atoms with van der Waals surface area (Å²) in [7, 11) is 0. The van der Waals surface area contributed by atoms with Crippen molar-refractivity contribution < 1.29 is 14.7 Å². The largest absolute Gasteiger partial charge is 0.480 e. The summed E-state index contributed by atoms with van der Waals surface area (Å²) < 4.78 is 0. The molecule has 0 saturated heterocycles. The second kappa shape index (κ2) is 11.3. The Kier molecular flexibility index (Phi) is 12.2. The lowest BCUT2D eigenvalue weighted by molar-refractivity contribution is -0.140. The highest BCUT2D eigenvalue weighted by molar-refractivity contribution is 5.85. The van der Waals surface area contributed by atoms with Crippen molar-refractivity contribution in [3.63, 3.8) is 0 Å². The Hall–Kier alpha value is -0.810. The molecule has 1 amide bonds. The molecule has 0 aromatic rings. The van der Waals surface area contributed by atoms with Gasteiger partial charge >= 0.3 is 5.97 Å². The van der Waals surface area contributed by atoms with Crippen LogP contribution in [0, 0.1) is 0 Å². The number of carboxylic acids is 1. The van der Waals surface area contributed by atoms with Crippen LogP contribution in [0.1, 0.15) is 46.5 Å². The van der Waals surface area contributed by atoms with Gasteiger partial charge in [-0.2, -0.15) is 0 Å². The third-order valence-electron chi connectivity index (χ3n) is 2.55. The van der Waals surface area contributed by atoms with Crippen LogP contribution in [0.3, 0.4) is 0 Å². The van der Waals surface area contributed by atoms with Crippen LogP contribution < -0.4 is 10.6 Å². The standard InChI is InChI=1S/C12H24N2O3.ClH/c1-4-6-8-13-11(15)9(3)14-10(7-5-2)12(16)17;/h9-10,14H,4-8H2,1-3H3,(H,13,15)(H,16,17);1H. The molecule has 0 aromatic carbocycles. The van der Waals surface area contributed by atoms with Gasteiger partial charge in [0.25, 0.3) is 0 Å². The normalized spacial score (nSPS) is 13.3. The molecule has 0 rings (SSSR count). The molecule has 5 nitrogen and oxygen atoms in total. The van der Waals surface area contributed by atoms with E-state index in [9.17, 15) is 9.59 Å². The van der Waals surface area contributed by atoms with Crippen LogP contribution in [0.2, 0.25) is 0 Å². The van der Waals surface area contributed by atoms with E-state index in [0.29, 0.717) is 13.0 Å². The Balaban J connectivity index is 0. The van der Waals surface area contributed by atoms with Gasteiger partial charge in [-0.1, -0.05) is 26.7 Å². The van der Waals surface area contributed by atoms with E-state index in [1.807, 2.05) is 6.92 Å². The number of carboxylic acid groups (broad SMARTS) is 1. The maximum absolute atomic E-state index is 11.6. The summed E-state index contributed by atoms with van der Waals surface area (Å²) in [4.78, 5) is 22.5. The number of hydrogen-bond donors (Lipinski definition) is 3. The zero-order chi connectivity index (χ0) is 13.3. The molecule has 0 bridgehead atoms. The molecule has 108 valence electrons.